The molecule has 0 unspecified atom stereocenters. The highest BCUT2D eigenvalue weighted by Crippen LogP contribution is 2.43. The second-order valence-electron chi connectivity index (χ2n) is 6.44. The number of rotatable bonds is 5. The Kier molecular flexibility index (Phi) is 6.45. The topological polar surface area (TPSA) is 32.3 Å². The van der Waals surface area contributed by atoms with Gasteiger partial charge in [-0.05, 0) is 67.4 Å². The average molecular weight is 373 g/mol. The van der Waals surface area contributed by atoms with Crippen LogP contribution in [0.5, 0.6) is 0 Å². The number of benzene rings is 2. The third-order valence-electron chi connectivity index (χ3n) is 3.96. The van der Waals surface area contributed by atoms with Gasteiger partial charge < -0.3 is 10.2 Å². The number of amides is 1. The SMILES string of the molecule is CN(C)Cc1cccc(NC(=O)c2ccc(C3SCCCS3)cc2)c1. The van der Waals surface area contributed by atoms with Crippen LogP contribution in [0.25, 0.3) is 0 Å². The molecule has 1 aliphatic heterocycles. The van der Waals surface area contributed by atoms with Gasteiger partial charge in [0.2, 0.25) is 0 Å². The molecule has 3 nitrogen and oxygen atoms in total. The van der Waals surface area contributed by atoms with E-state index in [1.807, 2.05) is 68.0 Å². The number of thioether (sulfide) groups is 2. The van der Waals surface area contributed by atoms with Gasteiger partial charge in [0.1, 0.15) is 0 Å². The minimum absolute atomic E-state index is 0.0579. The summed E-state index contributed by atoms with van der Waals surface area (Å²) in [5.41, 5.74) is 4.03. The highest BCUT2D eigenvalue weighted by Gasteiger charge is 2.17. The lowest BCUT2D eigenvalue weighted by molar-refractivity contribution is 0.102. The van der Waals surface area contributed by atoms with Gasteiger partial charge in [0.15, 0.2) is 0 Å². The fourth-order valence-electron chi connectivity index (χ4n) is 2.79. The first kappa shape index (κ1) is 18.4. The highest BCUT2D eigenvalue weighted by atomic mass is 32.2. The predicted octanol–water partition coefficient (Wildman–Crippen LogP) is 4.87. The van der Waals surface area contributed by atoms with Crippen molar-refractivity contribution in [3.8, 4) is 0 Å². The number of carbonyl (C=O) groups excluding carboxylic acids is 1. The fourth-order valence-corrected chi connectivity index (χ4v) is 5.68. The molecule has 1 saturated heterocycles. The van der Waals surface area contributed by atoms with Crippen molar-refractivity contribution in [1.29, 1.82) is 0 Å². The first-order valence-electron chi connectivity index (χ1n) is 8.50. The molecule has 2 aromatic rings. The predicted molar refractivity (Wildman–Crippen MR) is 111 cm³/mol. The Morgan fingerprint density at radius 3 is 2.52 bits per heavy atom. The van der Waals surface area contributed by atoms with E-state index in [1.165, 1.54) is 29.1 Å². The Hall–Kier alpha value is -1.43. The number of nitrogens with one attached hydrogen (secondary N) is 1. The van der Waals surface area contributed by atoms with E-state index in [1.54, 1.807) is 0 Å². The maximum absolute atomic E-state index is 12.5. The van der Waals surface area contributed by atoms with Gasteiger partial charge in [-0.2, -0.15) is 0 Å². The van der Waals surface area contributed by atoms with Crippen LogP contribution in [0.4, 0.5) is 5.69 Å². The van der Waals surface area contributed by atoms with E-state index in [0.717, 1.165) is 12.2 Å². The van der Waals surface area contributed by atoms with Crippen molar-refractivity contribution in [2.45, 2.75) is 17.5 Å². The normalized spacial score (nSPS) is 15.3. The van der Waals surface area contributed by atoms with Gasteiger partial charge in [-0.25, -0.2) is 0 Å². The molecule has 1 heterocycles. The van der Waals surface area contributed by atoms with Crippen LogP contribution in [-0.4, -0.2) is 36.4 Å². The van der Waals surface area contributed by atoms with Gasteiger partial charge in [-0.15, -0.1) is 23.5 Å². The van der Waals surface area contributed by atoms with Crippen LogP contribution >= 0.6 is 23.5 Å². The molecule has 1 N–H and O–H groups in total. The average Bonchev–Trinajstić information content (AvgIpc) is 2.62. The summed E-state index contributed by atoms with van der Waals surface area (Å²) in [6, 6.07) is 16.1. The summed E-state index contributed by atoms with van der Waals surface area (Å²) in [7, 11) is 4.07. The summed E-state index contributed by atoms with van der Waals surface area (Å²) in [5.74, 6) is 2.39. The molecule has 0 saturated carbocycles. The number of nitrogens with zero attached hydrogens (tertiary/aromatic N) is 1. The lowest BCUT2D eigenvalue weighted by Crippen LogP contribution is -2.13. The summed E-state index contributed by atoms with van der Waals surface area (Å²) < 4.78 is 0.508. The van der Waals surface area contributed by atoms with E-state index in [2.05, 4.69) is 28.4 Å². The zero-order chi connectivity index (χ0) is 17.6. The maximum atomic E-state index is 12.5. The molecule has 0 radical (unpaired) electrons. The number of hydrogen-bond acceptors (Lipinski definition) is 4. The van der Waals surface area contributed by atoms with E-state index in [-0.39, 0.29) is 5.91 Å². The van der Waals surface area contributed by atoms with E-state index in [4.69, 9.17) is 0 Å². The molecular formula is C20H24N2OS2. The lowest BCUT2D eigenvalue weighted by atomic mass is 10.1. The van der Waals surface area contributed by atoms with Crippen molar-refractivity contribution in [1.82, 2.24) is 4.90 Å². The first-order valence-corrected chi connectivity index (χ1v) is 10.6. The second-order valence-corrected chi connectivity index (χ2v) is 9.17. The molecule has 2 aromatic carbocycles. The minimum atomic E-state index is -0.0579. The molecule has 0 bridgehead atoms. The number of carbonyl (C=O) groups is 1. The monoisotopic (exact) mass is 372 g/mol. The summed E-state index contributed by atoms with van der Waals surface area (Å²) in [6.45, 7) is 0.856. The van der Waals surface area contributed by atoms with Crippen molar-refractivity contribution in [2.24, 2.45) is 0 Å². The first-order chi connectivity index (χ1) is 12.1. The Morgan fingerprint density at radius 1 is 1.12 bits per heavy atom. The van der Waals surface area contributed by atoms with Crippen molar-refractivity contribution in [3.05, 3.63) is 65.2 Å². The van der Waals surface area contributed by atoms with Crippen molar-refractivity contribution in [2.75, 3.05) is 30.9 Å². The van der Waals surface area contributed by atoms with E-state index >= 15 is 0 Å². The van der Waals surface area contributed by atoms with Gasteiger partial charge >= 0.3 is 0 Å². The molecular weight excluding hydrogens is 348 g/mol. The molecule has 0 aliphatic carbocycles. The molecule has 1 aliphatic rings. The Bertz CT molecular complexity index is 710. The molecule has 0 aromatic heterocycles. The van der Waals surface area contributed by atoms with Crippen LogP contribution in [-0.2, 0) is 6.54 Å². The van der Waals surface area contributed by atoms with Crippen LogP contribution in [0.1, 0.15) is 32.5 Å². The standard InChI is InChI=1S/C20H24N2OS2/c1-22(2)14-15-5-3-6-18(13-15)21-19(23)16-7-9-17(10-8-16)20-24-11-4-12-25-20/h3,5-10,13,20H,4,11-12,14H2,1-2H3,(H,21,23). The molecule has 1 fully saturated rings. The van der Waals surface area contributed by atoms with Crippen LogP contribution in [0, 0.1) is 0 Å². The quantitative estimate of drug-likeness (QED) is 0.812. The molecule has 1 amide bonds. The largest absolute Gasteiger partial charge is 0.322 e. The Morgan fingerprint density at radius 2 is 1.84 bits per heavy atom. The van der Waals surface area contributed by atoms with Gasteiger partial charge in [0.05, 0.1) is 4.58 Å². The van der Waals surface area contributed by atoms with E-state index in [0.29, 0.717) is 10.1 Å². The number of hydrogen-bond donors (Lipinski definition) is 1. The lowest BCUT2D eigenvalue weighted by Gasteiger charge is -2.21. The summed E-state index contributed by atoms with van der Waals surface area (Å²) in [6.07, 6.45) is 1.29. The third kappa shape index (κ3) is 5.27. The Balaban J connectivity index is 1.65. The van der Waals surface area contributed by atoms with Crippen LogP contribution in [0.3, 0.4) is 0 Å². The summed E-state index contributed by atoms with van der Waals surface area (Å²) >= 11 is 4.00. The fraction of sp³-hybridized carbons (Fsp3) is 0.350. The highest BCUT2D eigenvalue weighted by molar-refractivity contribution is 8.16. The second kappa shape index (κ2) is 8.79. The van der Waals surface area contributed by atoms with Gasteiger partial charge in [-0.3, -0.25) is 4.79 Å². The molecule has 0 atom stereocenters. The summed E-state index contributed by atoms with van der Waals surface area (Å²) in [5, 5.41) is 3.00. The minimum Gasteiger partial charge on any atom is -0.322 e. The van der Waals surface area contributed by atoms with Crippen LogP contribution < -0.4 is 5.32 Å². The molecule has 5 heteroatoms. The smallest absolute Gasteiger partial charge is 0.255 e. The zero-order valence-corrected chi connectivity index (χ0v) is 16.3. The van der Waals surface area contributed by atoms with E-state index < -0.39 is 0 Å². The molecule has 25 heavy (non-hydrogen) atoms. The molecule has 132 valence electrons. The van der Waals surface area contributed by atoms with Crippen molar-refractivity contribution >= 4 is 35.1 Å². The Labute approximate surface area is 158 Å². The molecule has 0 spiro atoms. The van der Waals surface area contributed by atoms with Gasteiger partial charge in [0, 0.05) is 17.8 Å². The van der Waals surface area contributed by atoms with Crippen molar-refractivity contribution < 1.29 is 4.79 Å². The zero-order valence-electron chi connectivity index (χ0n) is 14.7. The van der Waals surface area contributed by atoms with Crippen molar-refractivity contribution in [3.63, 3.8) is 0 Å². The van der Waals surface area contributed by atoms with E-state index in [9.17, 15) is 4.79 Å². The summed E-state index contributed by atoms with van der Waals surface area (Å²) in [4.78, 5) is 14.6. The van der Waals surface area contributed by atoms with Crippen LogP contribution in [0.15, 0.2) is 48.5 Å². The van der Waals surface area contributed by atoms with Crippen LogP contribution in [0.2, 0.25) is 0 Å². The van der Waals surface area contributed by atoms with Gasteiger partial charge in [0.25, 0.3) is 5.91 Å². The molecule has 3 rings (SSSR count). The van der Waals surface area contributed by atoms with Gasteiger partial charge in [-0.1, -0.05) is 24.3 Å². The third-order valence-corrected chi connectivity index (χ3v) is 6.97. The maximum Gasteiger partial charge on any atom is 0.255 e. The number of anilines is 1.